The van der Waals surface area contributed by atoms with Gasteiger partial charge in [0, 0.05) is 5.03 Å². The van der Waals surface area contributed by atoms with Gasteiger partial charge in [-0.3, -0.25) is 4.79 Å². The molecule has 1 aromatic rings. The van der Waals surface area contributed by atoms with Gasteiger partial charge in [-0.05, 0) is 11.6 Å². The molecule has 0 radical (unpaired) electrons. The molecule has 98 valence electrons. The third-order valence-corrected chi connectivity index (χ3v) is 2.23. The smallest absolute Gasteiger partial charge is 0.351 e. The predicted molar refractivity (Wildman–Crippen MR) is 63.2 cm³/mol. The summed E-state index contributed by atoms with van der Waals surface area (Å²) in [6.45, 7) is 3.48. The minimum absolute atomic E-state index is 0.0966. The average Bonchev–Trinajstić information content (AvgIpc) is 2.25. The van der Waals surface area contributed by atoms with Crippen molar-refractivity contribution < 1.29 is 18.0 Å². The van der Waals surface area contributed by atoms with E-state index in [1.807, 2.05) is 0 Å². The molecule has 0 atom stereocenters. The van der Waals surface area contributed by atoms with E-state index < -0.39 is 17.6 Å². The Morgan fingerprint density at radius 1 is 1.39 bits per heavy atom. The van der Waals surface area contributed by atoms with Gasteiger partial charge >= 0.3 is 6.18 Å². The first-order valence-corrected chi connectivity index (χ1v) is 5.43. The van der Waals surface area contributed by atoms with Crippen molar-refractivity contribution in [1.29, 1.82) is 0 Å². The molecule has 2 nitrogen and oxygen atoms in total. The number of benzene rings is 1. The Bertz CT molecular complexity index is 457. The summed E-state index contributed by atoms with van der Waals surface area (Å²) in [5.41, 5.74) is -0.475. The zero-order valence-corrected chi connectivity index (χ0v) is 10.1. The standard InChI is InChI=1S/C12H11ClF3NO/c1-8(13)7-17-11(18)6-9-3-2-4-10(5-9)12(14,15)16/h2-5H,1,6-7H2,(H,17,18). The first kappa shape index (κ1) is 14.6. The normalized spacial score (nSPS) is 11.1. The maximum Gasteiger partial charge on any atom is 0.416 e. The largest absolute Gasteiger partial charge is 0.416 e. The second-order valence-corrected chi connectivity index (χ2v) is 4.20. The van der Waals surface area contributed by atoms with Crippen molar-refractivity contribution in [3.05, 3.63) is 47.0 Å². The first-order valence-electron chi connectivity index (χ1n) is 5.05. The van der Waals surface area contributed by atoms with E-state index in [9.17, 15) is 18.0 Å². The lowest BCUT2D eigenvalue weighted by Crippen LogP contribution is -2.26. The van der Waals surface area contributed by atoms with Gasteiger partial charge in [0.05, 0.1) is 18.5 Å². The number of alkyl halides is 3. The van der Waals surface area contributed by atoms with Gasteiger partial charge in [0.15, 0.2) is 0 Å². The zero-order valence-electron chi connectivity index (χ0n) is 9.35. The van der Waals surface area contributed by atoms with Crippen LogP contribution in [0.5, 0.6) is 0 Å². The summed E-state index contributed by atoms with van der Waals surface area (Å²) in [5, 5.41) is 2.69. The second kappa shape index (κ2) is 5.91. The highest BCUT2D eigenvalue weighted by Crippen LogP contribution is 2.29. The minimum Gasteiger partial charge on any atom is -0.351 e. The van der Waals surface area contributed by atoms with E-state index in [0.717, 1.165) is 12.1 Å². The van der Waals surface area contributed by atoms with E-state index in [0.29, 0.717) is 5.56 Å². The van der Waals surface area contributed by atoms with Crippen molar-refractivity contribution >= 4 is 17.5 Å². The number of hydrogen-bond acceptors (Lipinski definition) is 1. The van der Waals surface area contributed by atoms with E-state index in [2.05, 4.69) is 11.9 Å². The topological polar surface area (TPSA) is 29.1 Å². The van der Waals surface area contributed by atoms with Gasteiger partial charge in [0.1, 0.15) is 0 Å². The summed E-state index contributed by atoms with van der Waals surface area (Å²) in [6.07, 6.45) is -4.54. The Balaban J connectivity index is 2.68. The van der Waals surface area contributed by atoms with Gasteiger partial charge in [0.2, 0.25) is 5.91 Å². The van der Waals surface area contributed by atoms with Crippen LogP contribution in [0.1, 0.15) is 11.1 Å². The SMILES string of the molecule is C=C(Cl)CNC(=O)Cc1cccc(C(F)(F)F)c1. The number of rotatable bonds is 4. The zero-order chi connectivity index (χ0) is 13.8. The van der Waals surface area contributed by atoms with E-state index >= 15 is 0 Å². The fourth-order valence-electron chi connectivity index (χ4n) is 1.30. The fraction of sp³-hybridized carbons (Fsp3) is 0.250. The molecule has 18 heavy (non-hydrogen) atoms. The minimum atomic E-state index is -4.41. The molecule has 0 aliphatic carbocycles. The molecule has 1 rings (SSSR count). The van der Waals surface area contributed by atoms with Crippen LogP contribution in [0.15, 0.2) is 35.9 Å². The molecule has 0 heterocycles. The van der Waals surface area contributed by atoms with Crippen LogP contribution in [0.2, 0.25) is 0 Å². The Kier molecular flexibility index (Phi) is 4.78. The fourth-order valence-corrected chi connectivity index (χ4v) is 1.37. The van der Waals surface area contributed by atoms with Crippen molar-refractivity contribution in [1.82, 2.24) is 5.32 Å². The summed E-state index contributed by atoms with van der Waals surface area (Å²) in [7, 11) is 0. The first-order chi connectivity index (χ1) is 8.29. The van der Waals surface area contributed by atoms with Crippen LogP contribution in [0, 0.1) is 0 Å². The molecule has 0 saturated carbocycles. The van der Waals surface area contributed by atoms with Crippen LogP contribution in [0.4, 0.5) is 13.2 Å². The van der Waals surface area contributed by atoms with Gasteiger partial charge < -0.3 is 5.32 Å². The Morgan fingerprint density at radius 3 is 2.61 bits per heavy atom. The maximum absolute atomic E-state index is 12.4. The van der Waals surface area contributed by atoms with Crippen LogP contribution in [-0.2, 0) is 17.4 Å². The lowest BCUT2D eigenvalue weighted by molar-refractivity contribution is -0.137. The predicted octanol–water partition coefficient (Wildman–Crippen LogP) is 3.12. The lowest BCUT2D eigenvalue weighted by Gasteiger charge is -2.08. The molecular weight excluding hydrogens is 267 g/mol. The molecule has 0 unspecified atom stereocenters. The van der Waals surface area contributed by atoms with E-state index in [1.54, 1.807) is 0 Å². The summed E-state index contributed by atoms with van der Waals surface area (Å²) in [5.74, 6) is -0.406. The number of carbonyl (C=O) groups is 1. The molecule has 0 saturated heterocycles. The van der Waals surface area contributed by atoms with Crippen molar-refractivity contribution in [3.8, 4) is 0 Å². The highest BCUT2D eigenvalue weighted by molar-refractivity contribution is 6.29. The maximum atomic E-state index is 12.4. The summed E-state index contributed by atoms with van der Waals surface area (Å²) in [4.78, 5) is 11.4. The van der Waals surface area contributed by atoms with Crippen LogP contribution in [-0.4, -0.2) is 12.5 Å². The van der Waals surface area contributed by atoms with Crippen LogP contribution in [0.25, 0.3) is 0 Å². The molecule has 0 bridgehead atoms. The summed E-state index contributed by atoms with van der Waals surface area (Å²) < 4.78 is 37.3. The number of hydrogen-bond donors (Lipinski definition) is 1. The van der Waals surface area contributed by atoms with Crippen LogP contribution < -0.4 is 5.32 Å². The lowest BCUT2D eigenvalue weighted by atomic mass is 10.1. The molecule has 0 aliphatic heterocycles. The van der Waals surface area contributed by atoms with Gasteiger partial charge in [0.25, 0.3) is 0 Å². The van der Waals surface area contributed by atoms with E-state index in [4.69, 9.17) is 11.6 Å². The highest BCUT2D eigenvalue weighted by Gasteiger charge is 2.30. The van der Waals surface area contributed by atoms with E-state index in [-0.39, 0.29) is 18.0 Å². The molecule has 0 aliphatic rings. The number of halogens is 4. The molecule has 0 spiro atoms. The molecule has 0 fully saturated rings. The molecular formula is C12H11ClF3NO. The van der Waals surface area contributed by atoms with Crippen LogP contribution >= 0.6 is 11.6 Å². The van der Waals surface area contributed by atoms with Gasteiger partial charge in [-0.1, -0.05) is 36.4 Å². The Morgan fingerprint density at radius 2 is 2.06 bits per heavy atom. The monoisotopic (exact) mass is 277 g/mol. The number of nitrogens with one attached hydrogen (secondary N) is 1. The third-order valence-electron chi connectivity index (χ3n) is 2.10. The van der Waals surface area contributed by atoms with Crippen molar-refractivity contribution in [2.24, 2.45) is 0 Å². The van der Waals surface area contributed by atoms with Gasteiger partial charge in [-0.25, -0.2) is 0 Å². The number of amides is 1. The number of carbonyl (C=O) groups excluding carboxylic acids is 1. The third kappa shape index (κ3) is 4.79. The summed E-state index contributed by atoms with van der Waals surface area (Å²) >= 11 is 5.45. The average molecular weight is 278 g/mol. The van der Waals surface area contributed by atoms with Crippen molar-refractivity contribution in [2.45, 2.75) is 12.6 Å². The molecule has 1 amide bonds. The van der Waals surface area contributed by atoms with Gasteiger partial charge in [-0.15, -0.1) is 0 Å². The highest BCUT2D eigenvalue weighted by atomic mass is 35.5. The quantitative estimate of drug-likeness (QED) is 0.900. The molecule has 1 aromatic carbocycles. The summed E-state index contributed by atoms with van der Waals surface area (Å²) in [6, 6.07) is 4.65. The van der Waals surface area contributed by atoms with E-state index in [1.165, 1.54) is 12.1 Å². The molecule has 0 aromatic heterocycles. The molecule has 1 N–H and O–H groups in total. The van der Waals surface area contributed by atoms with Crippen molar-refractivity contribution in [3.63, 3.8) is 0 Å². The Labute approximate surface area is 107 Å². The molecule has 6 heteroatoms. The van der Waals surface area contributed by atoms with Gasteiger partial charge in [-0.2, -0.15) is 13.2 Å². The van der Waals surface area contributed by atoms with Crippen molar-refractivity contribution in [2.75, 3.05) is 6.54 Å². The Hall–Kier alpha value is -1.49. The second-order valence-electron chi connectivity index (χ2n) is 3.67. The van der Waals surface area contributed by atoms with Crippen LogP contribution in [0.3, 0.4) is 0 Å².